The lowest BCUT2D eigenvalue weighted by molar-refractivity contribution is -0.192. The zero-order chi connectivity index (χ0) is 14.2. The number of morpholine rings is 1. The molecule has 2 N–H and O–H groups in total. The topological polar surface area (TPSA) is 84.9 Å². The summed E-state index contributed by atoms with van der Waals surface area (Å²) in [6, 6.07) is 0. The Morgan fingerprint density at radius 2 is 2.06 bits per heavy atom. The monoisotopic (exact) mass is 273 g/mol. The Bertz CT molecular complexity index is 276. The third-order valence-corrected chi connectivity index (χ3v) is 1.72. The molecular formula is C9H14F3NO5. The second kappa shape index (κ2) is 7.88. The van der Waals surface area contributed by atoms with Gasteiger partial charge in [0.15, 0.2) is 6.10 Å². The Hall–Kier alpha value is -1.35. The molecule has 1 heterocycles. The van der Waals surface area contributed by atoms with Crippen molar-refractivity contribution in [3.05, 3.63) is 0 Å². The number of hydrogen-bond acceptors (Lipinski definition) is 5. The molecule has 1 aliphatic heterocycles. The highest BCUT2D eigenvalue weighted by molar-refractivity contribution is 5.75. The van der Waals surface area contributed by atoms with Crippen molar-refractivity contribution in [2.45, 2.75) is 19.2 Å². The Labute approximate surface area is 101 Å². The Morgan fingerprint density at radius 3 is 2.39 bits per heavy atom. The van der Waals surface area contributed by atoms with E-state index in [1.54, 1.807) is 6.92 Å². The zero-order valence-electron chi connectivity index (χ0n) is 9.62. The molecule has 0 aromatic carbocycles. The number of halogens is 3. The molecule has 1 aliphatic rings. The fourth-order valence-electron chi connectivity index (χ4n) is 0.952. The molecule has 106 valence electrons. The second-order valence-electron chi connectivity index (χ2n) is 3.12. The van der Waals surface area contributed by atoms with E-state index in [1.165, 1.54) is 0 Å². The molecule has 0 bridgehead atoms. The number of carboxylic acids is 1. The van der Waals surface area contributed by atoms with Crippen molar-refractivity contribution in [1.29, 1.82) is 0 Å². The van der Waals surface area contributed by atoms with Crippen LogP contribution in [0.4, 0.5) is 13.2 Å². The van der Waals surface area contributed by atoms with E-state index in [1.807, 2.05) is 0 Å². The van der Waals surface area contributed by atoms with Crippen LogP contribution in [-0.2, 0) is 19.1 Å². The van der Waals surface area contributed by atoms with Crippen LogP contribution in [0.25, 0.3) is 0 Å². The van der Waals surface area contributed by atoms with Crippen LogP contribution in [0.2, 0.25) is 0 Å². The molecule has 18 heavy (non-hydrogen) atoms. The number of alkyl halides is 3. The van der Waals surface area contributed by atoms with E-state index < -0.39 is 18.2 Å². The van der Waals surface area contributed by atoms with Crippen LogP contribution in [0.1, 0.15) is 6.92 Å². The van der Waals surface area contributed by atoms with Crippen LogP contribution in [0.15, 0.2) is 0 Å². The lowest BCUT2D eigenvalue weighted by Gasteiger charge is -2.21. The number of hydrogen-bond donors (Lipinski definition) is 2. The third kappa shape index (κ3) is 7.07. The van der Waals surface area contributed by atoms with Gasteiger partial charge in [-0.1, -0.05) is 0 Å². The molecule has 1 saturated heterocycles. The van der Waals surface area contributed by atoms with Gasteiger partial charge in [0.2, 0.25) is 0 Å². The first-order chi connectivity index (χ1) is 8.29. The molecule has 0 spiro atoms. The summed E-state index contributed by atoms with van der Waals surface area (Å²) >= 11 is 0. The third-order valence-electron chi connectivity index (χ3n) is 1.72. The molecule has 6 nitrogen and oxygen atoms in total. The van der Waals surface area contributed by atoms with Gasteiger partial charge in [0.25, 0.3) is 0 Å². The predicted molar refractivity (Wildman–Crippen MR) is 52.9 cm³/mol. The molecule has 1 atom stereocenters. The van der Waals surface area contributed by atoms with Gasteiger partial charge in [-0.25, -0.2) is 9.59 Å². The first kappa shape index (κ1) is 16.6. The van der Waals surface area contributed by atoms with Crippen molar-refractivity contribution in [1.82, 2.24) is 5.32 Å². The van der Waals surface area contributed by atoms with Crippen LogP contribution >= 0.6 is 0 Å². The van der Waals surface area contributed by atoms with Crippen molar-refractivity contribution in [2.75, 3.05) is 26.3 Å². The summed E-state index contributed by atoms with van der Waals surface area (Å²) in [5.74, 6) is -3.02. The van der Waals surface area contributed by atoms with Gasteiger partial charge in [-0.15, -0.1) is 0 Å². The molecule has 1 unspecified atom stereocenters. The molecule has 9 heteroatoms. The lowest BCUT2D eigenvalue weighted by Crippen LogP contribution is -2.43. The maximum atomic E-state index is 11.0. The molecule has 0 saturated carbocycles. The highest BCUT2D eigenvalue weighted by atomic mass is 19.4. The fourth-order valence-corrected chi connectivity index (χ4v) is 0.952. The first-order valence-corrected chi connectivity index (χ1v) is 5.08. The molecule has 0 aromatic rings. The second-order valence-corrected chi connectivity index (χ2v) is 3.12. The van der Waals surface area contributed by atoms with E-state index >= 15 is 0 Å². The van der Waals surface area contributed by atoms with Gasteiger partial charge in [0.1, 0.15) is 0 Å². The average molecular weight is 273 g/mol. The van der Waals surface area contributed by atoms with E-state index in [9.17, 15) is 18.0 Å². The average Bonchev–Trinajstić information content (AvgIpc) is 2.30. The molecule has 0 amide bonds. The summed E-state index contributed by atoms with van der Waals surface area (Å²) < 4.78 is 41.7. The minimum absolute atomic E-state index is 0.264. The van der Waals surface area contributed by atoms with Crippen molar-refractivity contribution >= 4 is 11.9 Å². The first-order valence-electron chi connectivity index (χ1n) is 5.08. The number of carbonyl (C=O) groups is 2. The summed E-state index contributed by atoms with van der Waals surface area (Å²) in [4.78, 5) is 19.9. The minimum Gasteiger partial charge on any atom is -0.475 e. The standard InChI is InChI=1S/C7H13NO3.C2HF3O2/c1-2-10-7(9)6-5-8-3-4-11-6;3-2(4,5)1(6)7/h6,8H,2-5H2,1H3;(H,6,7). The van der Waals surface area contributed by atoms with E-state index in [2.05, 4.69) is 5.32 Å². The Morgan fingerprint density at radius 1 is 1.50 bits per heavy atom. The van der Waals surface area contributed by atoms with Crippen LogP contribution in [0, 0.1) is 0 Å². The Balaban J connectivity index is 0.000000360. The predicted octanol–water partition coefficient (Wildman–Crippen LogP) is 0.171. The summed E-state index contributed by atoms with van der Waals surface area (Å²) in [5.41, 5.74) is 0. The van der Waals surface area contributed by atoms with Crippen LogP contribution in [-0.4, -0.2) is 55.6 Å². The van der Waals surface area contributed by atoms with Crippen molar-refractivity contribution < 1.29 is 37.3 Å². The number of ether oxygens (including phenoxy) is 2. The highest BCUT2D eigenvalue weighted by Gasteiger charge is 2.38. The molecular weight excluding hydrogens is 259 g/mol. The zero-order valence-corrected chi connectivity index (χ0v) is 9.62. The van der Waals surface area contributed by atoms with E-state index in [-0.39, 0.29) is 5.97 Å². The summed E-state index contributed by atoms with van der Waals surface area (Å²) in [7, 11) is 0. The molecule has 1 rings (SSSR count). The molecule has 0 radical (unpaired) electrons. The van der Waals surface area contributed by atoms with Gasteiger partial charge in [-0.2, -0.15) is 13.2 Å². The van der Waals surface area contributed by atoms with Crippen LogP contribution in [0.5, 0.6) is 0 Å². The van der Waals surface area contributed by atoms with Gasteiger partial charge < -0.3 is 19.9 Å². The quantitative estimate of drug-likeness (QED) is 0.698. The van der Waals surface area contributed by atoms with Gasteiger partial charge in [-0.05, 0) is 6.92 Å². The number of carboxylic acid groups (broad SMARTS) is 1. The molecule has 1 fully saturated rings. The number of rotatable bonds is 2. The molecule has 0 aromatic heterocycles. The summed E-state index contributed by atoms with van der Waals surface area (Å²) in [6.07, 6.45) is -5.48. The lowest BCUT2D eigenvalue weighted by atomic mass is 10.3. The van der Waals surface area contributed by atoms with Crippen molar-refractivity contribution in [2.24, 2.45) is 0 Å². The largest absolute Gasteiger partial charge is 0.490 e. The van der Waals surface area contributed by atoms with E-state index in [4.69, 9.17) is 19.4 Å². The summed E-state index contributed by atoms with van der Waals surface area (Å²) in [5, 5.41) is 10.2. The number of carbonyl (C=O) groups excluding carboxylic acids is 1. The van der Waals surface area contributed by atoms with Gasteiger partial charge in [0, 0.05) is 13.1 Å². The van der Waals surface area contributed by atoms with Gasteiger partial charge >= 0.3 is 18.1 Å². The van der Waals surface area contributed by atoms with Crippen LogP contribution in [0.3, 0.4) is 0 Å². The number of aliphatic carboxylic acids is 1. The van der Waals surface area contributed by atoms with Gasteiger partial charge in [-0.3, -0.25) is 0 Å². The smallest absolute Gasteiger partial charge is 0.475 e. The highest BCUT2D eigenvalue weighted by Crippen LogP contribution is 2.13. The maximum Gasteiger partial charge on any atom is 0.490 e. The van der Waals surface area contributed by atoms with Crippen molar-refractivity contribution in [3.8, 4) is 0 Å². The normalized spacial score (nSPS) is 19.4. The van der Waals surface area contributed by atoms with E-state index in [0.29, 0.717) is 19.8 Å². The minimum atomic E-state index is -5.08. The van der Waals surface area contributed by atoms with Crippen molar-refractivity contribution in [3.63, 3.8) is 0 Å². The SMILES string of the molecule is CCOC(=O)C1CNCCO1.O=C(O)C(F)(F)F. The Kier molecular flexibility index (Phi) is 7.29. The maximum absolute atomic E-state index is 11.0. The number of nitrogens with one attached hydrogen (secondary N) is 1. The molecule has 0 aliphatic carbocycles. The fraction of sp³-hybridized carbons (Fsp3) is 0.778. The number of esters is 1. The van der Waals surface area contributed by atoms with E-state index in [0.717, 1.165) is 6.54 Å². The van der Waals surface area contributed by atoms with Gasteiger partial charge in [0.05, 0.1) is 13.2 Å². The summed E-state index contributed by atoms with van der Waals surface area (Å²) in [6.45, 7) is 4.17. The van der Waals surface area contributed by atoms with Crippen LogP contribution < -0.4 is 5.32 Å².